The van der Waals surface area contributed by atoms with E-state index in [1.54, 1.807) is 12.1 Å². The minimum absolute atomic E-state index is 0.0897. The highest BCUT2D eigenvalue weighted by Crippen LogP contribution is 2.27. The van der Waals surface area contributed by atoms with Gasteiger partial charge in [0.05, 0.1) is 21.4 Å². The molecule has 1 heterocycles. The average Bonchev–Trinajstić information content (AvgIpc) is 3.58. The summed E-state index contributed by atoms with van der Waals surface area (Å²) in [6.07, 6.45) is 3.10. The Bertz CT molecular complexity index is 1130. The van der Waals surface area contributed by atoms with Crippen LogP contribution in [0.15, 0.2) is 47.4 Å². The van der Waals surface area contributed by atoms with Crippen LogP contribution in [0.1, 0.15) is 36.0 Å². The van der Waals surface area contributed by atoms with Crippen molar-refractivity contribution in [3.63, 3.8) is 0 Å². The van der Waals surface area contributed by atoms with Crippen molar-refractivity contribution in [1.29, 1.82) is 0 Å². The van der Waals surface area contributed by atoms with E-state index in [-0.39, 0.29) is 34.3 Å². The highest BCUT2D eigenvalue weighted by Gasteiger charge is 2.33. The third-order valence-electron chi connectivity index (χ3n) is 5.60. The minimum atomic E-state index is -3.72. The molecule has 4 rings (SSSR count). The van der Waals surface area contributed by atoms with Crippen LogP contribution in [0.2, 0.25) is 10.0 Å². The molecule has 2 aliphatic rings. The first kappa shape index (κ1) is 23.0. The van der Waals surface area contributed by atoms with Crippen LogP contribution in [-0.2, 0) is 14.8 Å². The zero-order valence-corrected chi connectivity index (χ0v) is 19.5. The fraction of sp³-hybridized carbons (Fsp3) is 0.364. The van der Waals surface area contributed by atoms with Crippen LogP contribution in [-0.4, -0.2) is 43.7 Å². The predicted octanol–water partition coefficient (Wildman–Crippen LogP) is 3.93. The summed E-state index contributed by atoms with van der Waals surface area (Å²) in [5.74, 6) is -1.01. The number of halogens is 2. The Morgan fingerprint density at radius 1 is 1.00 bits per heavy atom. The topological polar surface area (TPSA) is 95.6 Å². The zero-order chi connectivity index (χ0) is 22.9. The summed E-state index contributed by atoms with van der Waals surface area (Å²) in [7, 11) is -3.72. The molecule has 2 N–H and O–H groups in total. The first-order valence-corrected chi connectivity index (χ1v) is 12.6. The second-order valence-electron chi connectivity index (χ2n) is 8.09. The van der Waals surface area contributed by atoms with Gasteiger partial charge in [0.1, 0.15) is 0 Å². The number of benzene rings is 2. The number of amides is 2. The van der Waals surface area contributed by atoms with Gasteiger partial charge in [0.15, 0.2) is 0 Å². The largest absolute Gasteiger partial charge is 0.349 e. The normalized spacial score (nSPS) is 19.4. The molecule has 1 aliphatic heterocycles. The van der Waals surface area contributed by atoms with Gasteiger partial charge in [0.2, 0.25) is 15.9 Å². The Morgan fingerprint density at radius 2 is 1.72 bits per heavy atom. The fourth-order valence-electron chi connectivity index (χ4n) is 3.64. The summed E-state index contributed by atoms with van der Waals surface area (Å²) in [5.41, 5.74) is 0.815. The number of piperidine rings is 1. The fourth-order valence-corrected chi connectivity index (χ4v) is 5.56. The predicted molar refractivity (Wildman–Crippen MR) is 124 cm³/mol. The monoisotopic (exact) mass is 495 g/mol. The highest BCUT2D eigenvalue weighted by molar-refractivity contribution is 7.89. The van der Waals surface area contributed by atoms with E-state index >= 15 is 0 Å². The molecule has 2 amide bonds. The van der Waals surface area contributed by atoms with Crippen molar-refractivity contribution >= 4 is 50.7 Å². The lowest BCUT2D eigenvalue weighted by Gasteiger charge is -2.31. The van der Waals surface area contributed by atoms with E-state index in [0.717, 1.165) is 12.8 Å². The van der Waals surface area contributed by atoms with Gasteiger partial charge < -0.3 is 10.6 Å². The Balaban J connectivity index is 1.41. The Kier molecular flexibility index (Phi) is 6.76. The average molecular weight is 496 g/mol. The lowest BCUT2D eigenvalue weighted by Crippen LogP contribution is -2.43. The van der Waals surface area contributed by atoms with E-state index in [4.69, 9.17) is 23.2 Å². The second-order valence-corrected chi connectivity index (χ2v) is 10.9. The first-order chi connectivity index (χ1) is 15.2. The Labute approximate surface area is 197 Å². The third-order valence-corrected chi connectivity index (χ3v) is 8.04. The zero-order valence-electron chi connectivity index (χ0n) is 17.2. The van der Waals surface area contributed by atoms with Gasteiger partial charge in [-0.25, -0.2) is 8.42 Å². The van der Waals surface area contributed by atoms with Crippen molar-refractivity contribution in [3.8, 4) is 0 Å². The summed E-state index contributed by atoms with van der Waals surface area (Å²) in [4.78, 5) is 25.2. The number of carbonyl (C=O) groups is 2. The van der Waals surface area contributed by atoms with E-state index in [9.17, 15) is 18.0 Å². The van der Waals surface area contributed by atoms with Crippen LogP contribution in [0.25, 0.3) is 0 Å². The molecule has 1 saturated carbocycles. The third kappa shape index (κ3) is 5.26. The van der Waals surface area contributed by atoms with Crippen molar-refractivity contribution in [2.24, 2.45) is 5.92 Å². The van der Waals surface area contributed by atoms with Crippen molar-refractivity contribution in [2.75, 3.05) is 18.4 Å². The lowest BCUT2D eigenvalue weighted by molar-refractivity contribution is -0.120. The summed E-state index contributed by atoms with van der Waals surface area (Å²) in [6, 6.07) is 10.9. The number of carbonyl (C=O) groups excluding carboxylic acids is 2. The van der Waals surface area contributed by atoms with Gasteiger partial charge >= 0.3 is 0 Å². The Hall–Kier alpha value is -2.13. The molecule has 1 aliphatic carbocycles. The quantitative estimate of drug-likeness (QED) is 0.634. The van der Waals surface area contributed by atoms with Gasteiger partial charge in [-0.1, -0.05) is 23.2 Å². The van der Waals surface area contributed by atoms with E-state index in [1.807, 2.05) is 0 Å². The molecular formula is C22H23Cl2N3O4S. The highest BCUT2D eigenvalue weighted by atomic mass is 35.5. The van der Waals surface area contributed by atoms with Gasteiger partial charge in [-0.2, -0.15) is 4.31 Å². The molecule has 32 heavy (non-hydrogen) atoms. The molecule has 0 spiro atoms. The van der Waals surface area contributed by atoms with E-state index in [2.05, 4.69) is 10.6 Å². The van der Waals surface area contributed by atoms with Crippen LogP contribution in [0, 0.1) is 5.92 Å². The smallest absolute Gasteiger partial charge is 0.253 e. The van der Waals surface area contributed by atoms with Crippen LogP contribution in [0.4, 0.5) is 5.69 Å². The number of hydrogen-bond donors (Lipinski definition) is 2. The van der Waals surface area contributed by atoms with Crippen molar-refractivity contribution in [2.45, 2.75) is 36.6 Å². The van der Waals surface area contributed by atoms with Gasteiger partial charge in [-0.15, -0.1) is 0 Å². The molecule has 2 aromatic carbocycles. The minimum Gasteiger partial charge on any atom is -0.349 e. The number of hydrogen-bond acceptors (Lipinski definition) is 4. The van der Waals surface area contributed by atoms with Crippen molar-refractivity contribution in [3.05, 3.63) is 58.1 Å². The molecule has 0 radical (unpaired) electrons. The van der Waals surface area contributed by atoms with E-state index < -0.39 is 15.9 Å². The SMILES string of the molecule is O=C(NC1CC1)c1ccc(NC(=O)C2CCCN(S(=O)(=O)c3ccc(Cl)cc3)C2)cc1Cl. The van der Waals surface area contributed by atoms with Crippen molar-refractivity contribution < 1.29 is 18.0 Å². The molecule has 0 bridgehead atoms. The Morgan fingerprint density at radius 3 is 2.38 bits per heavy atom. The molecule has 1 saturated heterocycles. The number of sulfonamides is 1. The summed E-state index contributed by atoms with van der Waals surface area (Å²) >= 11 is 12.1. The molecule has 170 valence electrons. The molecule has 1 unspecified atom stereocenters. The lowest BCUT2D eigenvalue weighted by atomic mass is 9.98. The van der Waals surface area contributed by atoms with Crippen molar-refractivity contribution in [1.82, 2.24) is 9.62 Å². The van der Waals surface area contributed by atoms with Gasteiger partial charge in [-0.3, -0.25) is 9.59 Å². The molecule has 2 fully saturated rings. The summed E-state index contributed by atoms with van der Waals surface area (Å²) < 4.78 is 27.2. The molecular weight excluding hydrogens is 473 g/mol. The number of anilines is 1. The molecule has 10 heteroatoms. The van der Waals surface area contributed by atoms with E-state index in [0.29, 0.717) is 35.7 Å². The van der Waals surface area contributed by atoms with Crippen LogP contribution in [0.5, 0.6) is 0 Å². The molecule has 7 nitrogen and oxygen atoms in total. The molecule has 2 aromatic rings. The number of rotatable bonds is 6. The van der Waals surface area contributed by atoms with E-state index in [1.165, 1.54) is 34.6 Å². The molecule has 1 atom stereocenters. The number of nitrogens with one attached hydrogen (secondary N) is 2. The number of nitrogens with zero attached hydrogens (tertiary/aromatic N) is 1. The maximum Gasteiger partial charge on any atom is 0.253 e. The van der Waals surface area contributed by atoms with Gasteiger partial charge in [0, 0.05) is 29.8 Å². The van der Waals surface area contributed by atoms with Gasteiger partial charge in [-0.05, 0) is 68.1 Å². The van der Waals surface area contributed by atoms with Gasteiger partial charge in [0.25, 0.3) is 5.91 Å². The first-order valence-electron chi connectivity index (χ1n) is 10.4. The molecule has 0 aromatic heterocycles. The second kappa shape index (κ2) is 9.39. The van der Waals surface area contributed by atoms with Crippen LogP contribution < -0.4 is 10.6 Å². The summed E-state index contributed by atoms with van der Waals surface area (Å²) in [5, 5.41) is 6.37. The summed E-state index contributed by atoms with van der Waals surface area (Å²) in [6.45, 7) is 0.442. The van der Waals surface area contributed by atoms with Crippen LogP contribution in [0.3, 0.4) is 0 Å². The maximum atomic E-state index is 12.9. The standard InChI is InChI=1S/C22H23Cl2N3O4S/c23-15-3-8-18(9-4-15)32(30,31)27-11-1-2-14(13-27)21(28)26-17-7-10-19(20(24)12-17)22(29)25-16-5-6-16/h3-4,7-10,12,14,16H,1-2,5-6,11,13H2,(H,25,29)(H,26,28). The van der Waals surface area contributed by atoms with Crippen LogP contribution >= 0.6 is 23.2 Å². The maximum absolute atomic E-state index is 12.9.